The van der Waals surface area contributed by atoms with Crippen LogP contribution in [0.4, 0.5) is 14.6 Å². The number of aromatic nitrogens is 4. The Kier molecular flexibility index (Phi) is 6.31. The molecule has 1 saturated heterocycles. The highest BCUT2D eigenvalue weighted by Crippen LogP contribution is 2.34. The summed E-state index contributed by atoms with van der Waals surface area (Å²) in [5, 5.41) is 26.6. The van der Waals surface area contributed by atoms with Crippen molar-refractivity contribution in [2.45, 2.75) is 31.1 Å². The van der Waals surface area contributed by atoms with E-state index in [2.05, 4.69) is 25.6 Å². The van der Waals surface area contributed by atoms with Crippen LogP contribution in [-0.2, 0) is 16.1 Å². The van der Waals surface area contributed by atoms with Crippen molar-refractivity contribution in [3.63, 3.8) is 0 Å². The number of carbonyl (C=O) groups is 1. The Morgan fingerprint density at radius 2 is 1.86 bits per heavy atom. The summed E-state index contributed by atoms with van der Waals surface area (Å²) in [5.41, 5.74) is 1.67. The van der Waals surface area contributed by atoms with Crippen LogP contribution in [0.5, 0.6) is 0 Å². The highest BCUT2D eigenvalue weighted by Gasteiger charge is 2.47. The predicted octanol–water partition coefficient (Wildman–Crippen LogP) is 1.75. The Bertz CT molecular complexity index is 1420. The van der Waals surface area contributed by atoms with Crippen LogP contribution < -0.4 is 10.6 Å². The first kappa shape index (κ1) is 23.7. The molecular weight excluding hydrogens is 474 g/mol. The van der Waals surface area contributed by atoms with E-state index in [0.29, 0.717) is 17.9 Å². The molecule has 1 fully saturated rings. The summed E-state index contributed by atoms with van der Waals surface area (Å²) in [6.07, 6.45) is -4.12. The third-order valence-electron chi connectivity index (χ3n) is 5.92. The van der Waals surface area contributed by atoms with Crippen LogP contribution in [0.3, 0.4) is 0 Å². The molecule has 0 radical (unpaired) electrons. The minimum Gasteiger partial charge on any atom is -0.387 e. The van der Waals surface area contributed by atoms with E-state index >= 15 is 0 Å². The minimum atomic E-state index is -1.49. The van der Waals surface area contributed by atoms with Gasteiger partial charge >= 0.3 is 0 Å². The number of aliphatic hydroxyl groups excluding tert-OH is 2. The fraction of sp³-hybridized carbons (Fsp3) is 0.250. The lowest BCUT2D eigenvalue weighted by atomic mass is 10.1. The van der Waals surface area contributed by atoms with Crippen LogP contribution in [0, 0.1) is 11.6 Å². The van der Waals surface area contributed by atoms with Crippen LogP contribution in [-0.4, -0.2) is 61.0 Å². The number of anilines is 1. The van der Waals surface area contributed by atoms with Gasteiger partial charge in [0.2, 0.25) is 0 Å². The average molecular weight is 496 g/mol. The SMILES string of the molecule is CNC(=O)[C@H]1OC(n2cnc3c(NCc4ccccc4)nc(-c4ccc(F)c(F)c4)nc32)[C@H](O)[C@@H]1O. The number of imidazole rings is 1. The van der Waals surface area contributed by atoms with Gasteiger partial charge in [-0.2, -0.15) is 0 Å². The molecule has 1 aliphatic rings. The molecule has 1 amide bonds. The number of carbonyl (C=O) groups excluding carboxylic acids is 1. The van der Waals surface area contributed by atoms with Gasteiger partial charge in [-0.1, -0.05) is 30.3 Å². The average Bonchev–Trinajstić information content (AvgIpc) is 3.45. The van der Waals surface area contributed by atoms with Crippen molar-refractivity contribution in [1.29, 1.82) is 0 Å². The van der Waals surface area contributed by atoms with Crippen molar-refractivity contribution >= 4 is 22.9 Å². The van der Waals surface area contributed by atoms with Crippen molar-refractivity contribution in [1.82, 2.24) is 24.8 Å². The minimum absolute atomic E-state index is 0.0644. The number of rotatable bonds is 6. The van der Waals surface area contributed by atoms with Gasteiger partial charge in [0.05, 0.1) is 6.33 Å². The molecule has 4 atom stereocenters. The number of hydrogen-bond donors (Lipinski definition) is 4. The molecule has 0 spiro atoms. The zero-order chi connectivity index (χ0) is 25.4. The normalized spacial score (nSPS) is 21.6. The molecule has 4 aromatic rings. The highest BCUT2D eigenvalue weighted by molar-refractivity contribution is 5.85. The highest BCUT2D eigenvalue weighted by atomic mass is 19.2. The maximum Gasteiger partial charge on any atom is 0.251 e. The summed E-state index contributed by atoms with van der Waals surface area (Å²) in [7, 11) is 1.39. The van der Waals surface area contributed by atoms with E-state index in [1.54, 1.807) is 0 Å². The van der Waals surface area contributed by atoms with Crippen LogP contribution in [0.1, 0.15) is 11.8 Å². The summed E-state index contributed by atoms with van der Waals surface area (Å²) in [4.78, 5) is 25.4. The van der Waals surface area contributed by atoms with E-state index < -0.39 is 42.1 Å². The molecule has 1 unspecified atom stereocenters. The molecule has 186 valence electrons. The van der Waals surface area contributed by atoms with E-state index in [1.807, 2.05) is 30.3 Å². The first-order valence-electron chi connectivity index (χ1n) is 11.1. The fourth-order valence-electron chi connectivity index (χ4n) is 4.02. The van der Waals surface area contributed by atoms with E-state index in [4.69, 9.17) is 4.74 Å². The molecule has 0 saturated carbocycles. The van der Waals surface area contributed by atoms with Crippen LogP contribution in [0.15, 0.2) is 54.9 Å². The maximum absolute atomic E-state index is 14.0. The third kappa shape index (κ3) is 4.26. The van der Waals surface area contributed by atoms with Gasteiger partial charge in [-0.3, -0.25) is 9.36 Å². The second kappa shape index (κ2) is 9.57. The summed E-state index contributed by atoms with van der Waals surface area (Å²) in [6.45, 7) is 0.386. The van der Waals surface area contributed by atoms with E-state index in [9.17, 15) is 23.8 Å². The number of nitrogens with one attached hydrogen (secondary N) is 2. The number of hydrogen-bond acceptors (Lipinski definition) is 8. The lowest BCUT2D eigenvalue weighted by Crippen LogP contribution is -2.41. The molecular formula is C24H22F2N6O4. The zero-order valence-corrected chi connectivity index (χ0v) is 19.0. The van der Waals surface area contributed by atoms with Crippen LogP contribution >= 0.6 is 0 Å². The Morgan fingerprint density at radius 1 is 1.08 bits per heavy atom. The van der Waals surface area contributed by atoms with Gasteiger partial charge in [0, 0.05) is 19.2 Å². The van der Waals surface area contributed by atoms with Gasteiger partial charge in [-0.05, 0) is 23.8 Å². The zero-order valence-electron chi connectivity index (χ0n) is 19.0. The van der Waals surface area contributed by atoms with Gasteiger partial charge in [0.1, 0.15) is 12.2 Å². The molecule has 36 heavy (non-hydrogen) atoms. The summed E-state index contributed by atoms with van der Waals surface area (Å²) in [6, 6.07) is 12.8. The molecule has 4 N–H and O–H groups in total. The quantitative estimate of drug-likeness (QED) is 0.317. The van der Waals surface area contributed by atoms with Crippen molar-refractivity contribution in [3.05, 3.63) is 72.1 Å². The van der Waals surface area contributed by atoms with Gasteiger partial charge in [-0.25, -0.2) is 23.7 Å². The Balaban J connectivity index is 1.59. The number of likely N-dealkylation sites (N-methyl/N-ethyl adjacent to an activating group) is 1. The lowest BCUT2D eigenvalue weighted by molar-refractivity contribution is -0.137. The fourth-order valence-corrected chi connectivity index (χ4v) is 4.02. The molecule has 10 nitrogen and oxygen atoms in total. The smallest absolute Gasteiger partial charge is 0.251 e. The van der Waals surface area contributed by atoms with Crippen LogP contribution in [0.25, 0.3) is 22.6 Å². The van der Waals surface area contributed by atoms with Crippen molar-refractivity contribution < 1.29 is 28.5 Å². The Labute approximate surface area is 203 Å². The lowest BCUT2D eigenvalue weighted by Gasteiger charge is -2.17. The molecule has 12 heteroatoms. The first-order valence-corrected chi connectivity index (χ1v) is 11.1. The van der Waals surface area contributed by atoms with Gasteiger partial charge < -0.3 is 25.6 Å². The number of halogens is 2. The van der Waals surface area contributed by atoms with Crippen molar-refractivity contribution in [2.75, 3.05) is 12.4 Å². The monoisotopic (exact) mass is 496 g/mol. The van der Waals surface area contributed by atoms with E-state index in [-0.39, 0.29) is 17.0 Å². The standard InChI is InChI=1S/C24H22F2N6O4/c1-27-23(35)19-17(33)18(34)24(36-19)32-11-29-16-21(28-10-12-5-3-2-4-6-12)30-20(31-22(16)32)13-7-8-14(25)15(26)9-13/h2-9,11,17-19,24,33-34H,10H2,1H3,(H,27,35)(H,28,30,31)/t17-,18+,19-,24?/m0/s1. The second-order valence-corrected chi connectivity index (χ2v) is 8.23. The predicted molar refractivity (Wildman–Crippen MR) is 124 cm³/mol. The van der Waals surface area contributed by atoms with Gasteiger partial charge in [0.25, 0.3) is 5.91 Å². The van der Waals surface area contributed by atoms with Gasteiger partial charge in [0.15, 0.2) is 46.8 Å². The van der Waals surface area contributed by atoms with E-state index in [0.717, 1.165) is 17.7 Å². The number of aliphatic hydroxyl groups is 2. The Morgan fingerprint density at radius 3 is 2.58 bits per heavy atom. The van der Waals surface area contributed by atoms with Crippen molar-refractivity contribution in [3.8, 4) is 11.4 Å². The van der Waals surface area contributed by atoms with E-state index in [1.165, 1.54) is 24.0 Å². The molecule has 2 aromatic heterocycles. The number of amides is 1. The molecule has 2 aromatic carbocycles. The largest absolute Gasteiger partial charge is 0.387 e. The summed E-state index contributed by atoms with van der Waals surface area (Å²) < 4.78 is 34.5. The summed E-state index contributed by atoms with van der Waals surface area (Å²) >= 11 is 0. The molecule has 1 aliphatic heterocycles. The number of nitrogens with zero attached hydrogens (tertiary/aromatic N) is 4. The van der Waals surface area contributed by atoms with Crippen LogP contribution in [0.2, 0.25) is 0 Å². The third-order valence-corrected chi connectivity index (χ3v) is 5.92. The Hall–Kier alpha value is -4.00. The number of fused-ring (bicyclic) bond motifs is 1. The summed E-state index contributed by atoms with van der Waals surface area (Å²) in [5.74, 6) is -2.30. The molecule has 0 aliphatic carbocycles. The number of ether oxygens (including phenoxy) is 1. The molecule has 5 rings (SSSR count). The van der Waals surface area contributed by atoms with Crippen molar-refractivity contribution in [2.24, 2.45) is 0 Å². The number of benzene rings is 2. The van der Waals surface area contributed by atoms with Gasteiger partial charge in [-0.15, -0.1) is 0 Å². The molecule has 3 heterocycles. The first-order chi connectivity index (χ1) is 17.4. The maximum atomic E-state index is 14.0. The second-order valence-electron chi connectivity index (χ2n) is 8.23. The molecule has 0 bridgehead atoms. The topological polar surface area (TPSA) is 134 Å².